The van der Waals surface area contributed by atoms with E-state index in [-0.39, 0.29) is 6.04 Å². The molecule has 2 rings (SSSR count). The maximum Gasteiger partial charge on any atom is 0.0628 e. The monoisotopic (exact) mass is 272 g/mol. The van der Waals surface area contributed by atoms with Crippen molar-refractivity contribution in [1.82, 2.24) is 15.2 Å². The van der Waals surface area contributed by atoms with Crippen molar-refractivity contribution in [2.24, 2.45) is 12.9 Å². The van der Waals surface area contributed by atoms with Crippen molar-refractivity contribution in [3.63, 3.8) is 0 Å². The number of aromatic nitrogens is 2. The molecule has 108 valence electrons. The van der Waals surface area contributed by atoms with E-state index in [1.165, 1.54) is 16.8 Å². The number of aryl methyl sites for hydroxylation is 3. The van der Waals surface area contributed by atoms with Gasteiger partial charge in [-0.2, -0.15) is 5.10 Å². The topological polar surface area (TPSA) is 55.9 Å². The van der Waals surface area contributed by atoms with E-state index in [0.29, 0.717) is 0 Å². The predicted molar refractivity (Wildman–Crippen MR) is 82.3 cm³/mol. The molecule has 0 aliphatic carbocycles. The molecule has 1 aromatic heterocycles. The van der Waals surface area contributed by atoms with Crippen LogP contribution in [0.1, 0.15) is 28.9 Å². The molecule has 1 unspecified atom stereocenters. The van der Waals surface area contributed by atoms with E-state index in [4.69, 9.17) is 5.84 Å². The van der Waals surface area contributed by atoms with Gasteiger partial charge in [-0.25, -0.2) is 0 Å². The third kappa shape index (κ3) is 3.46. The number of nitrogens with two attached hydrogens (primary N) is 1. The highest BCUT2D eigenvalue weighted by molar-refractivity contribution is 5.25. The van der Waals surface area contributed by atoms with Crippen molar-refractivity contribution in [3.05, 3.63) is 52.8 Å². The van der Waals surface area contributed by atoms with E-state index in [1.54, 1.807) is 0 Å². The average molecular weight is 272 g/mol. The zero-order valence-corrected chi connectivity index (χ0v) is 12.6. The van der Waals surface area contributed by atoms with Crippen LogP contribution in [-0.4, -0.2) is 15.8 Å². The lowest BCUT2D eigenvalue weighted by Crippen LogP contribution is -2.37. The molecule has 0 fully saturated rings. The second kappa shape index (κ2) is 6.68. The average Bonchev–Trinajstić information content (AvgIpc) is 2.70. The Kier molecular flexibility index (Phi) is 4.93. The molecule has 0 bridgehead atoms. The molecule has 0 aliphatic rings. The summed E-state index contributed by atoms with van der Waals surface area (Å²) in [6.07, 6.45) is 2.98. The van der Waals surface area contributed by atoms with Crippen LogP contribution < -0.4 is 11.3 Å². The van der Waals surface area contributed by atoms with Crippen molar-refractivity contribution in [2.45, 2.75) is 39.2 Å². The first-order chi connectivity index (χ1) is 9.61. The van der Waals surface area contributed by atoms with Crippen molar-refractivity contribution in [2.75, 3.05) is 0 Å². The highest BCUT2D eigenvalue weighted by Crippen LogP contribution is 2.16. The Hall–Kier alpha value is -1.65. The van der Waals surface area contributed by atoms with Gasteiger partial charge in [0.15, 0.2) is 0 Å². The molecule has 1 aromatic carbocycles. The Morgan fingerprint density at radius 2 is 1.95 bits per heavy atom. The smallest absolute Gasteiger partial charge is 0.0628 e. The molecule has 4 nitrogen and oxygen atoms in total. The molecule has 4 heteroatoms. The summed E-state index contributed by atoms with van der Waals surface area (Å²) in [7, 11) is 1.99. The number of benzene rings is 1. The highest BCUT2D eigenvalue weighted by atomic mass is 15.3. The third-order valence-electron chi connectivity index (χ3n) is 3.97. The van der Waals surface area contributed by atoms with Gasteiger partial charge in [0.25, 0.3) is 0 Å². The summed E-state index contributed by atoms with van der Waals surface area (Å²) in [4.78, 5) is 0. The molecule has 1 heterocycles. The molecule has 2 aromatic rings. The van der Waals surface area contributed by atoms with Gasteiger partial charge in [-0.15, -0.1) is 0 Å². The number of hydrogen-bond acceptors (Lipinski definition) is 3. The first kappa shape index (κ1) is 14.8. The zero-order valence-electron chi connectivity index (χ0n) is 12.6. The summed E-state index contributed by atoms with van der Waals surface area (Å²) in [5.74, 6) is 5.71. The van der Waals surface area contributed by atoms with Crippen LogP contribution in [-0.2, 0) is 19.9 Å². The van der Waals surface area contributed by atoms with Crippen molar-refractivity contribution >= 4 is 0 Å². The summed E-state index contributed by atoms with van der Waals surface area (Å²) in [6.45, 7) is 4.17. The lowest BCUT2D eigenvalue weighted by molar-refractivity contribution is 0.489. The first-order valence-corrected chi connectivity index (χ1v) is 7.11. The van der Waals surface area contributed by atoms with Crippen LogP contribution in [0.15, 0.2) is 30.3 Å². The van der Waals surface area contributed by atoms with Gasteiger partial charge in [-0.05, 0) is 44.2 Å². The Balaban J connectivity index is 1.99. The summed E-state index contributed by atoms with van der Waals surface area (Å²) in [5.41, 5.74) is 7.94. The maximum atomic E-state index is 5.71. The molecule has 0 saturated heterocycles. The fourth-order valence-electron chi connectivity index (χ4n) is 2.59. The molecule has 0 radical (unpaired) electrons. The zero-order chi connectivity index (χ0) is 14.5. The largest absolute Gasteiger partial charge is 0.272 e. The van der Waals surface area contributed by atoms with Gasteiger partial charge in [-0.3, -0.25) is 16.0 Å². The standard InChI is InChI=1S/C16H24N4/c1-12-16(13(2)20(3)19-12)11-15(18-17)10-9-14-7-5-4-6-8-14/h4-8,15,18H,9-11,17H2,1-3H3. The molecular formula is C16H24N4. The fourth-order valence-corrected chi connectivity index (χ4v) is 2.59. The maximum absolute atomic E-state index is 5.71. The lowest BCUT2D eigenvalue weighted by Gasteiger charge is -2.16. The molecule has 0 aliphatic heterocycles. The quantitative estimate of drug-likeness (QED) is 0.625. The van der Waals surface area contributed by atoms with Gasteiger partial charge in [-0.1, -0.05) is 30.3 Å². The van der Waals surface area contributed by atoms with Crippen LogP contribution in [0.4, 0.5) is 0 Å². The Bertz CT molecular complexity index is 545. The molecule has 0 saturated carbocycles. The van der Waals surface area contributed by atoms with Gasteiger partial charge in [0.05, 0.1) is 5.69 Å². The minimum Gasteiger partial charge on any atom is -0.272 e. The molecular weight excluding hydrogens is 248 g/mol. The number of rotatable bonds is 6. The molecule has 20 heavy (non-hydrogen) atoms. The van der Waals surface area contributed by atoms with E-state index >= 15 is 0 Å². The molecule has 0 amide bonds. The minimum absolute atomic E-state index is 0.275. The van der Waals surface area contributed by atoms with E-state index in [1.807, 2.05) is 17.8 Å². The van der Waals surface area contributed by atoms with Crippen LogP contribution in [0.25, 0.3) is 0 Å². The van der Waals surface area contributed by atoms with Crippen LogP contribution in [0, 0.1) is 13.8 Å². The van der Waals surface area contributed by atoms with Crippen LogP contribution >= 0.6 is 0 Å². The summed E-state index contributed by atoms with van der Waals surface area (Å²) in [5, 5.41) is 4.46. The fraction of sp³-hybridized carbons (Fsp3) is 0.438. The Morgan fingerprint density at radius 1 is 1.25 bits per heavy atom. The molecule has 1 atom stereocenters. The van der Waals surface area contributed by atoms with Gasteiger partial charge in [0.1, 0.15) is 0 Å². The summed E-state index contributed by atoms with van der Waals surface area (Å²) in [6, 6.07) is 10.8. The third-order valence-corrected chi connectivity index (χ3v) is 3.97. The van der Waals surface area contributed by atoms with Crippen molar-refractivity contribution in [1.29, 1.82) is 0 Å². The van der Waals surface area contributed by atoms with Crippen LogP contribution in [0.3, 0.4) is 0 Å². The normalized spacial score (nSPS) is 12.6. The van der Waals surface area contributed by atoms with E-state index in [2.05, 4.69) is 48.6 Å². The number of hydrogen-bond donors (Lipinski definition) is 2. The number of nitrogens with one attached hydrogen (secondary N) is 1. The Morgan fingerprint density at radius 3 is 2.50 bits per heavy atom. The minimum atomic E-state index is 0.275. The van der Waals surface area contributed by atoms with E-state index in [9.17, 15) is 0 Å². The number of hydrazine groups is 1. The van der Waals surface area contributed by atoms with Gasteiger partial charge >= 0.3 is 0 Å². The first-order valence-electron chi connectivity index (χ1n) is 7.11. The molecule has 0 spiro atoms. The summed E-state index contributed by atoms with van der Waals surface area (Å²) >= 11 is 0. The highest BCUT2D eigenvalue weighted by Gasteiger charge is 2.15. The van der Waals surface area contributed by atoms with E-state index in [0.717, 1.165) is 25.0 Å². The van der Waals surface area contributed by atoms with Crippen LogP contribution in [0.2, 0.25) is 0 Å². The van der Waals surface area contributed by atoms with Gasteiger partial charge in [0, 0.05) is 18.8 Å². The van der Waals surface area contributed by atoms with E-state index < -0.39 is 0 Å². The number of nitrogens with zero attached hydrogens (tertiary/aromatic N) is 2. The molecule has 3 N–H and O–H groups in total. The lowest BCUT2D eigenvalue weighted by atomic mass is 9.98. The SMILES string of the molecule is Cc1nn(C)c(C)c1CC(CCc1ccccc1)NN. The Labute approximate surface area is 121 Å². The summed E-state index contributed by atoms with van der Waals surface area (Å²) < 4.78 is 1.94. The second-order valence-electron chi connectivity index (χ2n) is 5.36. The van der Waals surface area contributed by atoms with Crippen LogP contribution in [0.5, 0.6) is 0 Å². The second-order valence-corrected chi connectivity index (χ2v) is 5.36. The predicted octanol–water partition coefficient (Wildman–Crippen LogP) is 2.04. The van der Waals surface area contributed by atoms with Gasteiger partial charge in [0.2, 0.25) is 0 Å². The van der Waals surface area contributed by atoms with Crippen molar-refractivity contribution in [3.8, 4) is 0 Å². The van der Waals surface area contributed by atoms with Crippen molar-refractivity contribution < 1.29 is 0 Å². The van der Waals surface area contributed by atoms with Gasteiger partial charge < -0.3 is 0 Å².